The third-order valence-electron chi connectivity index (χ3n) is 4.21. The molecule has 0 fully saturated rings. The fourth-order valence-corrected chi connectivity index (χ4v) is 3.05. The Morgan fingerprint density at radius 1 is 1.27 bits per heavy atom. The summed E-state index contributed by atoms with van der Waals surface area (Å²) in [5.41, 5.74) is 1.45. The number of benzene rings is 1. The van der Waals surface area contributed by atoms with E-state index in [1.54, 1.807) is 31.4 Å². The van der Waals surface area contributed by atoms with E-state index in [-0.39, 0.29) is 11.9 Å². The smallest absolute Gasteiger partial charge is 0.341 e. The number of aliphatic carboxylic acids is 1. The summed E-state index contributed by atoms with van der Waals surface area (Å²) in [6.45, 7) is 1.70. The molecule has 0 bridgehead atoms. The molecule has 1 aliphatic carbocycles. The van der Waals surface area contributed by atoms with Crippen LogP contribution in [0.4, 0.5) is 0 Å². The van der Waals surface area contributed by atoms with E-state index in [0.717, 1.165) is 30.6 Å². The molecular formula is C19H21NO6. The number of aryl methyl sites for hydroxylation is 1. The summed E-state index contributed by atoms with van der Waals surface area (Å²) in [6, 6.07) is 6.52. The van der Waals surface area contributed by atoms with Crippen LogP contribution in [0, 0.1) is 0 Å². The number of carboxylic acid groups (broad SMARTS) is 1. The fourth-order valence-electron chi connectivity index (χ4n) is 3.05. The summed E-state index contributed by atoms with van der Waals surface area (Å²) >= 11 is 0. The van der Waals surface area contributed by atoms with Crippen molar-refractivity contribution >= 4 is 11.9 Å². The molecule has 0 radical (unpaired) electrons. The van der Waals surface area contributed by atoms with E-state index in [0.29, 0.717) is 23.7 Å². The minimum Gasteiger partial charge on any atom is -0.490 e. The molecule has 7 nitrogen and oxygen atoms in total. The van der Waals surface area contributed by atoms with E-state index in [1.807, 2.05) is 6.07 Å². The molecule has 7 heteroatoms. The molecule has 3 rings (SSSR count). The Balaban J connectivity index is 1.75. The molecule has 2 aromatic rings. The third-order valence-corrected chi connectivity index (χ3v) is 4.21. The highest BCUT2D eigenvalue weighted by molar-refractivity contribution is 5.95. The molecule has 0 saturated carbocycles. The van der Waals surface area contributed by atoms with Gasteiger partial charge in [-0.1, -0.05) is 0 Å². The van der Waals surface area contributed by atoms with Gasteiger partial charge in [0.2, 0.25) is 0 Å². The Bertz CT molecular complexity index is 797. The lowest BCUT2D eigenvalue weighted by Gasteiger charge is -2.23. The van der Waals surface area contributed by atoms with E-state index in [2.05, 4.69) is 5.32 Å². The van der Waals surface area contributed by atoms with Gasteiger partial charge in [-0.05, 0) is 44.0 Å². The number of rotatable bonds is 7. The normalized spacial score (nSPS) is 15.8. The van der Waals surface area contributed by atoms with Gasteiger partial charge in [0.25, 0.3) is 5.91 Å². The van der Waals surface area contributed by atoms with E-state index in [1.165, 1.54) is 0 Å². The first-order valence-corrected chi connectivity index (χ1v) is 8.57. The molecule has 1 unspecified atom stereocenters. The molecule has 138 valence electrons. The lowest BCUT2D eigenvalue weighted by Crippen LogP contribution is -2.30. The van der Waals surface area contributed by atoms with Crippen LogP contribution < -0.4 is 14.8 Å². The molecule has 1 heterocycles. The van der Waals surface area contributed by atoms with Crippen LogP contribution in [0.2, 0.25) is 0 Å². The number of carbonyl (C=O) groups is 2. The Morgan fingerprint density at radius 2 is 2.12 bits per heavy atom. The van der Waals surface area contributed by atoms with E-state index in [4.69, 9.17) is 19.0 Å². The Kier molecular flexibility index (Phi) is 5.46. The standard InChI is InChI=1S/C19H21NO6/c1-2-24-17-10-12(6-7-16(17)26-11-18(21)22)19(23)20-14-4-3-5-15-13(14)8-9-25-15/h6-10,14H,2-5,11H2,1H3,(H,20,23)(H,21,22). The van der Waals surface area contributed by atoms with Crippen LogP contribution in [-0.4, -0.2) is 30.2 Å². The van der Waals surface area contributed by atoms with Crippen LogP contribution in [0.15, 0.2) is 34.9 Å². The van der Waals surface area contributed by atoms with Crippen molar-refractivity contribution in [2.24, 2.45) is 0 Å². The Hall–Kier alpha value is -2.96. The second-order valence-corrected chi connectivity index (χ2v) is 5.99. The van der Waals surface area contributed by atoms with Crippen molar-refractivity contribution in [2.45, 2.75) is 32.2 Å². The maximum atomic E-state index is 12.6. The van der Waals surface area contributed by atoms with Gasteiger partial charge in [0.15, 0.2) is 18.1 Å². The summed E-state index contributed by atoms with van der Waals surface area (Å²) in [7, 11) is 0. The third kappa shape index (κ3) is 3.99. The molecule has 1 aromatic carbocycles. The number of hydrogen-bond acceptors (Lipinski definition) is 5. The van der Waals surface area contributed by atoms with Gasteiger partial charge in [0.05, 0.1) is 18.9 Å². The summed E-state index contributed by atoms with van der Waals surface area (Å²) in [5, 5.41) is 11.8. The zero-order valence-electron chi connectivity index (χ0n) is 14.5. The van der Waals surface area contributed by atoms with Crippen molar-refractivity contribution in [3.8, 4) is 11.5 Å². The van der Waals surface area contributed by atoms with E-state index in [9.17, 15) is 9.59 Å². The highest BCUT2D eigenvalue weighted by Crippen LogP contribution is 2.32. The molecule has 1 amide bonds. The molecule has 0 spiro atoms. The molecular weight excluding hydrogens is 338 g/mol. The van der Waals surface area contributed by atoms with Gasteiger partial charge in [-0.25, -0.2) is 4.79 Å². The number of nitrogens with one attached hydrogen (secondary N) is 1. The minimum atomic E-state index is -1.08. The van der Waals surface area contributed by atoms with Crippen LogP contribution in [0.5, 0.6) is 11.5 Å². The first-order chi connectivity index (χ1) is 12.6. The number of amides is 1. The van der Waals surface area contributed by atoms with Crippen LogP contribution in [0.3, 0.4) is 0 Å². The molecule has 1 aromatic heterocycles. The van der Waals surface area contributed by atoms with Crippen molar-refractivity contribution in [2.75, 3.05) is 13.2 Å². The SMILES string of the molecule is CCOc1cc(C(=O)NC2CCCc3occc32)ccc1OCC(=O)O. The zero-order valence-corrected chi connectivity index (χ0v) is 14.5. The maximum Gasteiger partial charge on any atom is 0.341 e. The number of furan rings is 1. The zero-order chi connectivity index (χ0) is 18.5. The van der Waals surface area contributed by atoms with E-state index < -0.39 is 12.6 Å². The summed E-state index contributed by atoms with van der Waals surface area (Å²) in [5.74, 6) is 0.251. The van der Waals surface area contributed by atoms with Crippen molar-refractivity contribution in [3.63, 3.8) is 0 Å². The Labute approximate surface area is 150 Å². The van der Waals surface area contributed by atoms with Crippen molar-refractivity contribution < 1.29 is 28.6 Å². The molecule has 26 heavy (non-hydrogen) atoms. The van der Waals surface area contributed by atoms with Crippen LogP contribution in [0.25, 0.3) is 0 Å². The minimum absolute atomic E-state index is 0.0801. The number of carbonyl (C=O) groups excluding carboxylic acids is 1. The van der Waals surface area contributed by atoms with Crippen molar-refractivity contribution in [3.05, 3.63) is 47.4 Å². The Morgan fingerprint density at radius 3 is 2.88 bits per heavy atom. The van der Waals surface area contributed by atoms with Crippen molar-refractivity contribution in [1.29, 1.82) is 0 Å². The van der Waals surface area contributed by atoms with Gasteiger partial charge in [0, 0.05) is 17.5 Å². The summed E-state index contributed by atoms with van der Waals surface area (Å²) in [6.07, 6.45) is 4.35. The second-order valence-electron chi connectivity index (χ2n) is 5.99. The number of hydrogen-bond donors (Lipinski definition) is 2. The lowest BCUT2D eigenvalue weighted by molar-refractivity contribution is -0.139. The van der Waals surface area contributed by atoms with Crippen LogP contribution in [-0.2, 0) is 11.2 Å². The predicted octanol–water partition coefficient (Wildman–Crippen LogP) is 2.95. The van der Waals surface area contributed by atoms with Gasteiger partial charge in [-0.15, -0.1) is 0 Å². The topological polar surface area (TPSA) is 98.0 Å². The first-order valence-electron chi connectivity index (χ1n) is 8.57. The predicted molar refractivity (Wildman–Crippen MR) is 92.6 cm³/mol. The van der Waals surface area contributed by atoms with E-state index >= 15 is 0 Å². The molecule has 0 saturated heterocycles. The van der Waals surface area contributed by atoms with Gasteiger partial charge in [0.1, 0.15) is 5.76 Å². The lowest BCUT2D eigenvalue weighted by atomic mass is 9.93. The van der Waals surface area contributed by atoms with Gasteiger partial charge in [-0.2, -0.15) is 0 Å². The monoisotopic (exact) mass is 359 g/mol. The molecule has 2 N–H and O–H groups in total. The number of ether oxygens (including phenoxy) is 2. The summed E-state index contributed by atoms with van der Waals surface area (Å²) in [4.78, 5) is 23.3. The van der Waals surface area contributed by atoms with Gasteiger partial charge in [-0.3, -0.25) is 4.79 Å². The fraction of sp³-hybridized carbons (Fsp3) is 0.368. The highest BCUT2D eigenvalue weighted by atomic mass is 16.5. The second kappa shape index (κ2) is 7.95. The first kappa shape index (κ1) is 17.8. The van der Waals surface area contributed by atoms with Gasteiger partial charge < -0.3 is 24.3 Å². The average molecular weight is 359 g/mol. The van der Waals surface area contributed by atoms with Gasteiger partial charge >= 0.3 is 5.97 Å². The van der Waals surface area contributed by atoms with Crippen molar-refractivity contribution in [1.82, 2.24) is 5.32 Å². The summed E-state index contributed by atoms with van der Waals surface area (Å²) < 4.78 is 16.1. The largest absolute Gasteiger partial charge is 0.490 e. The molecule has 1 aliphatic rings. The van der Waals surface area contributed by atoms with Crippen LogP contribution >= 0.6 is 0 Å². The number of fused-ring (bicyclic) bond motifs is 1. The average Bonchev–Trinajstić information content (AvgIpc) is 3.10. The molecule has 0 aliphatic heterocycles. The maximum absolute atomic E-state index is 12.6. The molecule has 1 atom stereocenters. The quantitative estimate of drug-likeness (QED) is 0.789. The highest BCUT2D eigenvalue weighted by Gasteiger charge is 2.24. The number of carboxylic acids is 1. The van der Waals surface area contributed by atoms with Crippen LogP contribution in [0.1, 0.15) is 47.5 Å².